The average molecular weight is 350 g/mol. The normalized spacial score (nSPS) is 17.6. The third-order valence-corrected chi connectivity index (χ3v) is 4.64. The maximum absolute atomic E-state index is 11.3. The van der Waals surface area contributed by atoms with Crippen molar-refractivity contribution in [1.82, 2.24) is 4.90 Å². The van der Waals surface area contributed by atoms with Gasteiger partial charge in [0.05, 0.1) is 0 Å². The summed E-state index contributed by atoms with van der Waals surface area (Å²) in [6.45, 7) is 1.58. The zero-order chi connectivity index (χ0) is 16.6. The summed E-state index contributed by atoms with van der Waals surface area (Å²) >= 11 is 12.6. The summed E-state index contributed by atoms with van der Waals surface area (Å²) in [6, 6.07) is 10.8. The molecule has 2 aromatic carbocycles. The number of carbonyl (C=O) groups is 1. The van der Waals surface area contributed by atoms with Crippen LogP contribution >= 0.6 is 23.2 Å². The molecule has 0 aliphatic carbocycles. The Morgan fingerprint density at radius 2 is 2.00 bits per heavy atom. The van der Waals surface area contributed by atoms with Gasteiger partial charge in [0.2, 0.25) is 0 Å². The Morgan fingerprint density at radius 1 is 1.26 bits per heavy atom. The second-order valence-electron chi connectivity index (χ2n) is 5.78. The molecule has 0 radical (unpaired) electrons. The Bertz CT molecular complexity index is 763. The maximum atomic E-state index is 11.3. The topological polar surface area (TPSA) is 58.4 Å². The number of benzene rings is 2. The third-order valence-electron chi connectivity index (χ3n) is 4.09. The molecule has 2 amide bonds. The van der Waals surface area contributed by atoms with Crippen LogP contribution in [0.1, 0.15) is 22.6 Å². The van der Waals surface area contributed by atoms with Crippen LogP contribution in [-0.2, 0) is 6.54 Å². The molecule has 0 saturated carbocycles. The fourth-order valence-corrected chi connectivity index (χ4v) is 3.73. The zero-order valence-electron chi connectivity index (χ0n) is 12.6. The van der Waals surface area contributed by atoms with Gasteiger partial charge in [-0.25, -0.2) is 4.79 Å². The molecular weight excluding hydrogens is 333 g/mol. The molecule has 0 fully saturated rings. The van der Waals surface area contributed by atoms with Crippen molar-refractivity contribution in [1.29, 1.82) is 0 Å². The number of likely N-dealkylation sites (N-methyl/N-ethyl adjacent to an activating group) is 1. The predicted molar refractivity (Wildman–Crippen MR) is 94.3 cm³/mol. The Balaban J connectivity index is 2.14. The number of para-hydroxylation sites is 1. The molecule has 120 valence electrons. The van der Waals surface area contributed by atoms with Crippen molar-refractivity contribution in [3.05, 3.63) is 63.1 Å². The van der Waals surface area contributed by atoms with Crippen LogP contribution in [0.4, 0.5) is 10.5 Å². The van der Waals surface area contributed by atoms with Gasteiger partial charge >= 0.3 is 6.03 Å². The quantitative estimate of drug-likeness (QED) is 0.858. The monoisotopic (exact) mass is 349 g/mol. The highest BCUT2D eigenvalue weighted by atomic mass is 35.5. The zero-order valence-corrected chi connectivity index (χ0v) is 14.2. The van der Waals surface area contributed by atoms with Crippen molar-refractivity contribution in [2.75, 3.05) is 18.9 Å². The number of halogens is 2. The van der Waals surface area contributed by atoms with E-state index in [-0.39, 0.29) is 5.92 Å². The highest BCUT2D eigenvalue weighted by Gasteiger charge is 2.28. The van der Waals surface area contributed by atoms with E-state index in [9.17, 15) is 4.79 Å². The lowest BCUT2D eigenvalue weighted by molar-refractivity contribution is 0.259. The molecule has 1 aliphatic rings. The van der Waals surface area contributed by atoms with Crippen molar-refractivity contribution < 1.29 is 4.79 Å². The second-order valence-corrected chi connectivity index (χ2v) is 6.62. The summed E-state index contributed by atoms with van der Waals surface area (Å²) in [7, 11) is 2.05. The minimum atomic E-state index is -0.578. The van der Waals surface area contributed by atoms with Gasteiger partial charge in [0.15, 0.2) is 0 Å². The second kappa shape index (κ2) is 6.40. The Kier molecular flexibility index (Phi) is 4.48. The van der Waals surface area contributed by atoms with Gasteiger partial charge in [-0.15, -0.1) is 0 Å². The van der Waals surface area contributed by atoms with Crippen molar-refractivity contribution in [2.45, 2.75) is 12.5 Å². The number of primary amides is 1. The Labute approximate surface area is 145 Å². The number of amides is 2. The number of rotatable bonds is 2. The largest absolute Gasteiger partial charge is 0.351 e. The fourth-order valence-electron chi connectivity index (χ4n) is 3.16. The molecule has 0 spiro atoms. The molecule has 6 heteroatoms. The first-order valence-corrected chi connectivity index (χ1v) is 8.03. The molecule has 1 atom stereocenters. The minimum Gasteiger partial charge on any atom is -0.351 e. The SMILES string of the molecule is CN1Cc2c(Cl)cc(Cl)cc2C(c2ccccc2NC(N)=O)C1. The molecule has 1 unspecified atom stereocenters. The third kappa shape index (κ3) is 3.29. The number of hydrogen-bond acceptors (Lipinski definition) is 2. The van der Waals surface area contributed by atoms with E-state index in [1.165, 1.54) is 0 Å². The molecule has 4 nitrogen and oxygen atoms in total. The first kappa shape index (κ1) is 16.1. The van der Waals surface area contributed by atoms with Crippen LogP contribution in [0.3, 0.4) is 0 Å². The van der Waals surface area contributed by atoms with Gasteiger partial charge in [0, 0.05) is 34.7 Å². The van der Waals surface area contributed by atoms with Gasteiger partial charge < -0.3 is 16.0 Å². The van der Waals surface area contributed by atoms with E-state index in [0.29, 0.717) is 15.7 Å². The van der Waals surface area contributed by atoms with E-state index in [0.717, 1.165) is 29.8 Å². The molecule has 2 aromatic rings. The highest BCUT2D eigenvalue weighted by molar-refractivity contribution is 6.35. The standard InChI is InChI=1S/C17H17Cl2N3O/c1-22-8-13(11-4-2-3-5-16(11)21-17(20)23)12-6-10(18)7-15(19)14(12)9-22/h2-7,13H,8-9H2,1H3,(H3,20,21,23). The van der Waals surface area contributed by atoms with Crippen LogP contribution in [0, 0.1) is 0 Å². The number of anilines is 1. The lowest BCUT2D eigenvalue weighted by Crippen LogP contribution is -2.32. The molecule has 0 aromatic heterocycles. The lowest BCUT2D eigenvalue weighted by Gasteiger charge is -2.34. The molecule has 3 rings (SSSR count). The number of hydrogen-bond donors (Lipinski definition) is 2. The van der Waals surface area contributed by atoms with E-state index < -0.39 is 6.03 Å². The number of fused-ring (bicyclic) bond motifs is 1. The smallest absolute Gasteiger partial charge is 0.316 e. The van der Waals surface area contributed by atoms with Gasteiger partial charge in [-0.1, -0.05) is 41.4 Å². The van der Waals surface area contributed by atoms with Crippen molar-refractivity contribution >= 4 is 34.9 Å². The number of nitrogens with two attached hydrogens (primary N) is 1. The van der Waals surface area contributed by atoms with E-state index in [1.54, 1.807) is 6.07 Å². The minimum absolute atomic E-state index is 0.0583. The van der Waals surface area contributed by atoms with Crippen LogP contribution in [0.15, 0.2) is 36.4 Å². The predicted octanol–water partition coefficient (Wildman–Crippen LogP) is 4.06. The molecule has 1 heterocycles. The molecule has 3 N–H and O–H groups in total. The molecule has 23 heavy (non-hydrogen) atoms. The highest BCUT2D eigenvalue weighted by Crippen LogP contribution is 2.40. The van der Waals surface area contributed by atoms with E-state index >= 15 is 0 Å². The number of nitrogens with zero attached hydrogens (tertiary/aromatic N) is 1. The molecule has 0 saturated heterocycles. The molecular formula is C17H17Cl2N3O. The van der Waals surface area contributed by atoms with Crippen LogP contribution in [0.2, 0.25) is 10.0 Å². The summed E-state index contributed by atoms with van der Waals surface area (Å²) < 4.78 is 0. The van der Waals surface area contributed by atoms with Crippen molar-refractivity contribution in [3.63, 3.8) is 0 Å². The van der Waals surface area contributed by atoms with Crippen LogP contribution in [0.5, 0.6) is 0 Å². The fraction of sp³-hybridized carbons (Fsp3) is 0.235. The number of urea groups is 1. The Hall–Kier alpha value is -1.75. The maximum Gasteiger partial charge on any atom is 0.316 e. The summed E-state index contributed by atoms with van der Waals surface area (Å²) in [4.78, 5) is 13.5. The van der Waals surface area contributed by atoms with E-state index in [2.05, 4.69) is 10.2 Å². The van der Waals surface area contributed by atoms with Gasteiger partial charge in [-0.05, 0) is 41.9 Å². The van der Waals surface area contributed by atoms with Gasteiger partial charge in [0.25, 0.3) is 0 Å². The van der Waals surface area contributed by atoms with Crippen molar-refractivity contribution in [3.8, 4) is 0 Å². The average Bonchev–Trinajstić information content (AvgIpc) is 2.47. The van der Waals surface area contributed by atoms with Crippen molar-refractivity contribution in [2.24, 2.45) is 5.73 Å². The summed E-state index contributed by atoms with van der Waals surface area (Å²) in [5.41, 5.74) is 9.17. The van der Waals surface area contributed by atoms with Crippen LogP contribution in [-0.4, -0.2) is 24.5 Å². The lowest BCUT2D eigenvalue weighted by atomic mass is 9.84. The van der Waals surface area contributed by atoms with E-state index in [4.69, 9.17) is 28.9 Å². The van der Waals surface area contributed by atoms with Crippen LogP contribution < -0.4 is 11.1 Å². The van der Waals surface area contributed by atoms with Gasteiger partial charge in [0.1, 0.15) is 0 Å². The van der Waals surface area contributed by atoms with Gasteiger partial charge in [-0.3, -0.25) is 0 Å². The van der Waals surface area contributed by atoms with Gasteiger partial charge in [-0.2, -0.15) is 0 Å². The summed E-state index contributed by atoms with van der Waals surface area (Å²) in [6.07, 6.45) is 0. The summed E-state index contributed by atoms with van der Waals surface area (Å²) in [5, 5.41) is 3.99. The van der Waals surface area contributed by atoms with E-state index in [1.807, 2.05) is 37.4 Å². The first-order valence-electron chi connectivity index (χ1n) is 7.27. The van der Waals surface area contributed by atoms with Crippen LogP contribution in [0.25, 0.3) is 0 Å². The molecule has 1 aliphatic heterocycles. The summed E-state index contributed by atoms with van der Waals surface area (Å²) in [5.74, 6) is 0.0583. The first-order chi connectivity index (χ1) is 11.0. The number of nitrogens with one attached hydrogen (secondary N) is 1. The number of carbonyl (C=O) groups excluding carboxylic acids is 1. The Morgan fingerprint density at radius 3 is 2.74 bits per heavy atom. The molecule has 0 bridgehead atoms.